The molecule has 68 heavy (non-hydrogen) atoms. The normalized spacial score (nSPS) is 13.7. The Kier molecular flexibility index (Phi) is 10.4. The minimum absolute atomic E-state index is 0.0342. The van der Waals surface area contributed by atoms with Gasteiger partial charge in [-0.1, -0.05) is 139 Å². The fraction of sp³-hybridized carbons (Fsp3) is 0.200. The summed E-state index contributed by atoms with van der Waals surface area (Å²) in [7, 11) is 0. The van der Waals surface area contributed by atoms with Gasteiger partial charge in [-0.3, -0.25) is 19.2 Å². The summed E-state index contributed by atoms with van der Waals surface area (Å²) < 4.78 is 13.8. The minimum atomic E-state index is -0.438. The Morgan fingerprint density at radius 1 is 0.412 bits per heavy atom. The van der Waals surface area contributed by atoms with Gasteiger partial charge in [-0.05, 0) is 106 Å². The van der Waals surface area contributed by atoms with Gasteiger partial charge in [0.25, 0.3) is 23.6 Å². The molecule has 0 bridgehead atoms. The van der Waals surface area contributed by atoms with Gasteiger partial charge in [0.05, 0.1) is 22.5 Å². The first-order valence-electron chi connectivity index (χ1n) is 23.8. The highest BCUT2D eigenvalue weighted by atomic mass is 16.5. The second-order valence-corrected chi connectivity index (χ2v) is 18.7. The first-order chi connectivity index (χ1) is 33.0. The zero-order valence-corrected chi connectivity index (χ0v) is 39.0. The zero-order chi connectivity index (χ0) is 47.1. The number of benzene rings is 9. The summed E-state index contributed by atoms with van der Waals surface area (Å²) in [5.41, 5.74) is 6.41. The van der Waals surface area contributed by atoms with E-state index in [1.165, 1.54) is 9.80 Å². The van der Waals surface area contributed by atoms with Crippen molar-refractivity contribution in [1.82, 2.24) is 0 Å². The molecule has 0 N–H and O–H groups in total. The number of carbonyl (C=O) groups excluding carboxylic acids is 4. The topological polar surface area (TPSA) is 93.2 Å². The quantitative estimate of drug-likeness (QED) is 0.0689. The summed E-state index contributed by atoms with van der Waals surface area (Å²) in [6.45, 7) is 12.5. The van der Waals surface area contributed by atoms with Gasteiger partial charge in [-0.25, -0.2) is 9.80 Å². The van der Waals surface area contributed by atoms with Crippen LogP contribution in [0, 0.1) is 0 Å². The summed E-state index contributed by atoms with van der Waals surface area (Å²) in [6, 6.07) is 41.9. The molecule has 0 fully saturated rings. The minimum Gasteiger partial charge on any atom is -0.457 e. The van der Waals surface area contributed by atoms with Crippen molar-refractivity contribution in [2.45, 2.75) is 79.1 Å². The van der Waals surface area contributed by atoms with E-state index >= 15 is 19.2 Å². The van der Waals surface area contributed by atoms with Crippen molar-refractivity contribution >= 4 is 78.1 Å². The Morgan fingerprint density at radius 2 is 0.794 bits per heavy atom. The van der Waals surface area contributed by atoms with Gasteiger partial charge in [-0.15, -0.1) is 0 Å². The summed E-state index contributed by atoms with van der Waals surface area (Å²) in [5, 5.41) is 4.98. The summed E-state index contributed by atoms with van der Waals surface area (Å²) in [4.78, 5) is 64.2. The van der Waals surface area contributed by atoms with E-state index in [0.717, 1.165) is 35.1 Å². The van der Waals surface area contributed by atoms with Crippen LogP contribution < -0.4 is 19.3 Å². The number of para-hydroxylation sites is 4. The fourth-order valence-corrected chi connectivity index (χ4v) is 10.8. The lowest BCUT2D eigenvalue weighted by atomic mass is 9.81. The van der Waals surface area contributed by atoms with Crippen molar-refractivity contribution in [2.24, 2.45) is 0 Å². The van der Waals surface area contributed by atoms with E-state index in [4.69, 9.17) is 9.47 Å². The molecule has 0 spiro atoms. The lowest BCUT2D eigenvalue weighted by Gasteiger charge is -2.34. The van der Waals surface area contributed by atoms with Gasteiger partial charge in [0.1, 0.15) is 23.0 Å². The van der Waals surface area contributed by atoms with Gasteiger partial charge in [0.2, 0.25) is 0 Å². The molecule has 8 nitrogen and oxygen atoms in total. The van der Waals surface area contributed by atoms with Crippen LogP contribution in [0.3, 0.4) is 0 Å². The van der Waals surface area contributed by atoms with Crippen molar-refractivity contribution in [1.29, 1.82) is 0 Å². The molecule has 8 heteroatoms. The Labute approximate surface area is 395 Å². The van der Waals surface area contributed by atoms with Crippen LogP contribution in [-0.4, -0.2) is 23.6 Å². The highest BCUT2D eigenvalue weighted by Crippen LogP contribution is 2.54. The molecule has 9 aromatic rings. The molecule has 0 atom stereocenters. The maximum absolute atomic E-state index is 15.5. The zero-order valence-electron chi connectivity index (χ0n) is 39.0. The molecule has 0 radical (unpaired) electrons. The molecule has 336 valence electrons. The number of aryl methyl sites for hydroxylation is 2. The summed E-state index contributed by atoms with van der Waals surface area (Å²) in [5.74, 6) is 0.277. The molecule has 0 aromatic heterocycles. The number of hydrogen-bond donors (Lipinski definition) is 0. The molecule has 0 saturated heterocycles. The lowest BCUT2D eigenvalue weighted by molar-refractivity contribution is 0.0877. The van der Waals surface area contributed by atoms with Gasteiger partial charge < -0.3 is 9.47 Å². The standard InChI is InChI=1S/C60H50N2O6/c1-7-17-35-19-15-25-39(33(3)4)55(35)61-57(63)43-29-27-41-52-48(68-38-23-13-10-14-24-38)32-46-50-44(58(64)62(60(46)66)56-36(18-8-2)20-16-26-40(56)34(5)6)30-28-42(54(50)52)51-47(67-37-21-11-9-12-22-37)31-45(59(61)65)49(43)53(41)51/h9-16,19-34H,7-8,17-18H2,1-6H3. The van der Waals surface area contributed by atoms with E-state index in [1.807, 2.05) is 121 Å². The molecule has 11 rings (SSSR count). The first kappa shape index (κ1) is 42.8. The van der Waals surface area contributed by atoms with Crippen molar-refractivity contribution in [3.63, 3.8) is 0 Å². The second kappa shape index (κ2) is 16.5. The number of rotatable bonds is 12. The molecule has 0 saturated carbocycles. The van der Waals surface area contributed by atoms with Gasteiger partial charge in [0, 0.05) is 43.4 Å². The number of ether oxygens (including phenoxy) is 2. The molecule has 0 unspecified atom stereocenters. The maximum atomic E-state index is 15.5. The van der Waals surface area contributed by atoms with Crippen molar-refractivity contribution < 1.29 is 28.7 Å². The van der Waals surface area contributed by atoms with Crippen LogP contribution >= 0.6 is 0 Å². The number of nitrogens with zero attached hydrogens (tertiary/aromatic N) is 2. The Hall–Kier alpha value is -7.84. The number of fused-ring (bicyclic) bond motifs is 2. The van der Waals surface area contributed by atoms with Crippen molar-refractivity contribution in [3.8, 4) is 23.0 Å². The highest BCUT2D eigenvalue weighted by molar-refractivity contribution is 6.46. The van der Waals surface area contributed by atoms with Gasteiger partial charge in [-0.2, -0.15) is 0 Å². The molecule has 4 amide bonds. The molecule has 2 aliphatic rings. The lowest BCUT2D eigenvalue weighted by Crippen LogP contribution is -2.42. The van der Waals surface area contributed by atoms with E-state index in [9.17, 15) is 0 Å². The highest BCUT2D eigenvalue weighted by Gasteiger charge is 2.42. The van der Waals surface area contributed by atoms with Gasteiger partial charge in [0.15, 0.2) is 0 Å². The van der Waals surface area contributed by atoms with Crippen LogP contribution in [0.15, 0.2) is 133 Å². The maximum Gasteiger partial charge on any atom is 0.266 e. The summed E-state index contributed by atoms with van der Waals surface area (Å²) in [6.07, 6.45) is 3.05. The largest absolute Gasteiger partial charge is 0.457 e. The van der Waals surface area contributed by atoms with Crippen LogP contribution in [0.4, 0.5) is 11.4 Å². The van der Waals surface area contributed by atoms with E-state index in [2.05, 4.69) is 41.5 Å². The molecule has 2 aliphatic heterocycles. The van der Waals surface area contributed by atoms with E-state index in [0.29, 0.717) is 113 Å². The predicted octanol–water partition coefficient (Wildman–Crippen LogP) is 15.1. The van der Waals surface area contributed by atoms with Crippen LogP contribution in [0.5, 0.6) is 23.0 Å². The Balaban J connectivity index is 1.26. The number of hydrogen-bond acceptors (Lipinski definition) is 6. The Morgan fingerprint density at radius 3 is 1.16 bits per heavy atom. The van der Waals surface area contributed by atoms with Crippen molar-refractivity contribution in [2.75, 3.05) is 9.80 Å². The number of imide groups is 2. The molecular weight excluding hydrogens is 845 g/mol. The number of carbonyl (C=O) groups is 4. The second-order valence-electron chi connectivity index (χ2n) is 18.7. The average molecular weight is 895 g/mol. The average Bonchev–Trinajstić information content (AvgIpc) is 3.34. The molecular formula is C60H50N2O6. The number of anilines is 2. The molecule has 2 heterocycles. The van der Waals surface area contributed by atoms with Crippen LogP contribution in [0.25, 0.3) is 43.1 Å². The summed E-state index contributed by atoms with van der Waals surface area (Å²) >= 11 is 0. The molecule has 9 aromatic carbocycles. The van der Waals surface area contributed by atoms with Gasteiger partial charge >= 0.3 is 0 Å². The van der Waals surface area contributed by atoms with Crippen LogP contribution in [0.2, 0.25) is 0 Å². The van der Waals surface area contributed by atoms with Crippen LogP contribution in [-0.2, 0) is 12.8 Å². The fourth-order valence-electron chi connectivity index (χ4n) is 10.8. The third kappa shape index (κ3) is 6.41. The monoisotopic (exact) mass is 894 g/mol. The van der Waals surface area contributed by atoms with E-state index in [-0.39, 0.29) is 11.8 Å². The third-order valence-corrected chi connectivity index (χ3v) is 13.7. The third-order valence-electron chi connectivity index (χ3n) is 13.7. The first-order valence-corrected chi connectivity index (χ1v) is 23.8. The van der Waals surface area contributed by atoms with E-state index < -0.39 is 23.6 Å². The predicted molar refractivity (Wildman–Crippen MR) is 272 cm³/mol. The SMILES string of the molecule is CCCc1cccc(C(C)C)c1N1C(=O)c2ccc3c4c(Oc5ccccc5)cc5c6c(ccc(c7c(Oc8ccccc8)cc(c2c37)C1=O)c64)C(=O)N(c1c(CCC)cccc1C(C)C)C5=O. The smallest absolute Gasteiger partial charge is 0.266 e. The van der Waals surface area contributed by atoms with E-state index in [1.54, 1.807) is 12.1 Å². The number of amides is 4. The van der Waals surface area contributed by atoms with Crippen LogP contribution in [0.1, 0.15) is 130 Å². The Bertz CT molecular complexity index is 3340. The van der Waals surface area contributed by atoms with Crippen molar-refractivity contribution in [3.05, 3.63) is 178 Å². The molecule has 0 aliphatic carbocycles.